The highest BCUT2D eigenvalue weighted by atomic mass is 16.5. The fraction of sp³-hybridized carbons (Fsp3) is 0.333. The largest absolute Gasteiger partial charge is 0.390 e. The van der Waals surface area contributed by atoms with E-state index in [1.54, 1.807) is 6.26 Å². The van der Waals surface area contributed by atoms with Crippen molar-refractivity contribution in [2.45, 2.75) is 44.4 Å². The molecule has 2 aliphatic rings. The van der Waals surface area contributed by atoms with Gasteiger partial charge in [-0.3, -0.25) is 0 Å². The molecule has 0 aliphatic heterocycles. The smallest absolute Gasteiger partial charge is 0.145 e. The highest BCUT2D eigenvalue weighted by molar-refractivity contribution is 5.89. The van der Waals surface area contributed by atoms with Gasteiger partial charge in [-0.2, -0.15) is 0 Å². The van der Waals surface area contributed by atoms with Gasteiger partial charge in [0.2, 0.25) is 0 Å². The lowest BCUT2D eigenvalue weighted by molar-refractivity contribution is -0.0191. The van der Waals surface area contributed by atoms with Crippen LogP contribution < -0.4 is 11.5 Å². The number of nitrogen functional groups attached to an aromatic ring is 2. The van der Waals surface area contributed by atoms with Crippen molar-refractivity contribution >= 4 is 33.6 Å². The molecule has 2 aliphatic carbocycles. The summed E-state index contributed by atoms with van der Waals surface area (Å²) >= 11 is 0. The molecule has 5 aromatic rings. The first kappa shape index (κ1) is 22.2. The van der Waals surface area contributed by atoms with Gasteiger partial charge in [-0.1, -0.05) is 17.3 Å². The second kappa shape index (κ2) is 7.74. The number of aliphatic hydroxyl groups is 2. The topological polar surface area (TPSA) is 162 Å². The Labute approximate surface area is 211 Å². The van der Waals surface area contributed by atoms with Crippen LogP contribution in [0.2, 0.25) is 0 Å². The van der Waals surface area contributed by atoms with Crippen LogP contribution in [-0.2, 0) is 6.42 Å². The first-order valence-electron chi connectivity index (χ1n) is 12.4. The summed E-state index contributed by atoms with van der Waals surface area (Å²) < 4.78 is 7.03. The zero-order valence-electron chi connectivity index (χ0n) is 20.2. The van der Waals surface area contributed by atoms with E-state index in [9.17, 15) is 10.2 Å². The molecule has 10 heteroatoms. The normalized spacial score (nSPS) is 26.7. The highest BCUT2D eigenvalue weighted by Crippen LogP contribution is 2.69. The van der Waals surface area contributed by atoms with Crippen molar-refractivity contribution in [1.29, 1.82) is 0 Å². The summed E-state index contributed by atoms with van der Waals surface area (Å²) in [5.74, 6) is 0.998. The van der Waals surface area contributed by atoms with Gasteiger partial charge in [0.15, 0.2) is 0 Å². The maximum atomic E-state index is 11.1. The third-order valence-electron chi connectivity index (χ3n) is 8.55. The molecule has 0 radical (unpaired) electrons. The number of hydrogen-bond acceptors (Lipinski definition) is 9. The van der Waals surface area contributed by atoms with Crippen molar-refractivity contribution in [2.75, 3.05) is 11.5 Å². The number of benzene rings is 1. The fourth-order valence-corrected chi connectivity index (χ4v) is 6.47. The average Bonchev–Trinajstić information content (AvgIpc) is 3.11. The third-order valence-corrected chi connectivity index (χ3v) is 8.55. The molecule has 0 saturated heterocycles. The van der Waals surface area contributed by atoms with E-state index in [4.69, 9.17) is 16.0 Å². The number of nitrogens with zero attached hydrogens (tertiary/aromatic N) is 5. The SMILES string of the molecule is Cc1nocc1-c1cc2ccc(CC[C@]34CC3C(n3ccc5c(N)ncnc53)C(O)C4O)cc2nc1N. The van der Waals surface area contributed by atoms with E-state index < -0.39 is 12.2 Å². The molecule has 2 fully saturated rings. The number of nitrogens with two attached hydrogens (primary N) is 2. The number of aliphatic hydroxyl groups excluding tert-OH is 2. The van der Waals surface area contributed by atoms with Gasteiger partial charge in [0.25, 0.3) is 0 Å². The van der Waals surface area contributed by atoms with Gasteiger partial charge in [-0.15, -0.1) is 0 Å². The van der Waals surface area contributed by atoms with Gasteiger partial charge in [0, 0.05) is 28.1 Å². The minimum absolute atomic E-state index is 0.160. The lowest BCUT2D eigenvalue weighted by Crippen LogP contribution is -2.34. The number of hydrogen-bond donors (Lipinski definition) is 4. The van der Waals surface area contributed by atoms with Crippen LogP contribution >= 0.6 is 0 Å². The zero-order valence-corrected chi connectivity index (χ0v) is 20.2. The molecule has 10 nitrogen and oxygen atoms in total. The Morgan fingerprint density at radius 2 is 1.97 bits per heavy atom. The zero-order chi connectivity index (χ0) is 25.5. The molecule has 6 N–H and O–H groups in total. The van der Waals surface area contributed by atoms with Crippen LogP contribution in [0.25, 0.3) is 33.1 Å². The Bertz CT molecular complexity index is 1680. The Morgan fingerprint density at radius 3 is 2.78 bits per heavy atom. The van der Waals surface area contributed by atoms with Crippen LogP contribution in [0.4, 0.5) is 11.6 Å². The van der Waals surface area contributed by atoms with Gasteiger partial charge in [0.05, 0.1) is 28.7 Å². The fourth-order valence-electron chi connectivity index (χ4n) is 6.47. The van der Waals surface area contributed by atoms with Crippen LogP contribution in [0, 0.1) is 18.3 Å². The summed E-state index contributed by atoms with van der Waals surface area (Å²) in [6.45, 7) is 1.87. The van der Waals surface area contributed by atoms with E-state index in [1.807, 2.05) is 35.9 Å². The van der Waals surface area contributed by atoms with E-state index in [1.165, 1.54) is 6.33 Å². The van der Waals surface area contributed by atoms with Crippen LogP contribution in [-0.4, -0.2) is 47.1 Å². The standard InChI is InChI=1S/C27H27N7O3/c1-13-18(11-37-33-13)17-9-15-3-2-14(8-20(15)32-25(17)29)4-6-27-10-19(27)21(22(35)23(27)36)34-7-5-16-24(28)30-12-31-26(16)34/h2-3,5,7-9,11-12,19,21-23,35-36H,4,6,10H2,1H3,(H2,29,32)(H2,28,30,31)/t19?,21?,22?,23?,27-/m0/s1. The molecule has 0 spiro atoms. The third kappa shape index (κ3) is 3.19. The van der Waals surface area contributed by atoms with Gasteiger partial charge in [-0.25, -0.2) is 15.0 Å². The number of aromatic nitrogens is 5. The van der Waals surface area contributed by atoms with Gasteiger partial charge < -0.3 is 30.8 Å². The van der Waals surface area contributed by atoms with Crippen LogP contribution in [0.3, 0.4) is 0 Å². The number of fused-ring (bicyclic) bond motifs is 3. The van der Waals surface area contributed by atoms with Crippen LogP contribution in [0.1, 0.15) is 30.1 Å². The van der Waals surface area contributed by atoms with Crippen molar-refractivity contribution < 1.29 is 14.7 Å². The van der Waals surface area contributed by atoms with Gasteiger partial charge in [0.1, 0.15) is 36.0 Å². The van der Waals surface area contributed by atoms with E-state index in [0.29, 0.717) is 17.3 Å². The van der Waals surface area contributed by atoms with E-state index >= 15 is 0 Å². The molecule has 7 rings (SSSR count). The molecular formula is C27H27N7O3. The predicted octanol–water partition coefficient (Wildman–Crippen LogP) is 3.02. The number of rotatable bonds is 5. The lowest BCUT2D eigenvalue weighted by atomic mass is 9.91. The van der Waals surface area contributed by atoms with Crippen molar-refractivity contribution in [3.05, 3.63) is 60.4 Å². The molecular weight excluding hydrogens is 470 g/mol. The maximum absolute atomic E-state index is 11.1. The molecule has 4 aromatic heterocycles. The van der Waals surface area contributed by atoms with Crippen LogP contribution in [0.5, 0.6) is 0 Å². The molecule has 37 heavy (non-hydrogen) atoms. The minimum atomic E-state index is -0.872. The quantitative estimate of drug-likeness (QED) is 0.286. The summed E-state index contributed by atoms with van der Waals surface area (Å²) in [6, 6.07) is 9.82. The Balaban J connectivity index is 1.14. The summed E-state index contributed by atoms with van der Waals surface area (Å²) in [7, 11) is 0. The Morgan fingerprint density at radius 1 is 1.11 bits per heavy atom. The van der Waals surface area contributed by atoms with Crippen molar-refractivity contribution in [3.8, 4) is 11.1 Å². The summed E-state index contributed by atoms with van der Waals surface area (Å²) in [5, 5.41) is 27.8. The molecule has 188 valence electrons. The average molecular weight is 498 g/mol. The molecule has 1 aromatic carbocycles. The van der Waals surface area contributed by atoms with Crippen molar-refractivity contribution in [3.63, 3.8) is 0 Å². The minimum Gasteiger partial charge on any atom is -0.390 e. The molecule has 2 saturated carbocycles. The summed E-state index contributed by atoms with van der Waals surface area (Å²) in [6.07, 6.45) is 5.62. The van der Waals surface area contributed by atoms with E-state index in [0.717, 1.165) is 57.9 Å². The number of pyridine rings is 1. The Hall–Kier alpha value is -4.02. The molecule has 4 heterocycles. The molecule has 5 atom stereocenters. The highest BCUT2D eigenvalue weighted by Gasteiger charge is 2.70. The second-order valence-electron chi connectivity index (χ2n) is 10.5. The number of anilines is 2. The van der Waals surface area contributed by atoms with Crippen molar-refractivity contribution in [2.24, 2.45) is 11.3 Å². The molecule has 0 amide bonds. The number of aryl methyl sites for hydroxylation is 2. The molecule has 4 unspecified atom stereocenters. The first-order valence-corrected chi connectivity index (χ1v) is 12.4. The summed E-state index contributed by atoms with van der Waals surface area (Å²) in [4.78, 5) is 13.1. The predicted molar refractivity (Wildman–Crippen MR) is 138 cm³/mol. The summed E-state index contributed by atoms with van der Waals surface area (Å²) in [5.41, 5.74) is 17.0. The maximum Gasteiger partial charge on any atom is 0.145 e. The van der Waals surface area contributed by atoms with Crippen LogP contribution in [0.15, 0.2) is 53.6 Å². The van der Waals surface area contributed by atoms with Gasteiger partial charge >= 0.3 is 0 Å². The van der Waals surface area contributed by atoms with E-state index in [2.05, 4.69) is 32.2 Å². The van der Waals surface area contributed by atoms with Crippen molar-refractivity contribution in [1.82, 2.24) is 24.7 Å². The van der Waals surface area contributed by atoms with Gasteiger partial charge in [-0.05, 0) is 55.9 Å². The van der Waals surface area contributed by atoms with E-state index in [-0.39, 0.29) is 17.4 Å². The monoisotopic (exact) mass is 497 g/mol. The first-order chi connectivity index (χ1) is 17.9. The molecule has 0 bridgehead atoms. The Kier molecular flexibility index (Phi) is 4.64. The second-order valence-corrected chi connectivity index (χ2v) is 10.5. The lowest BCUT2D eigenvalue weighted by Gasteiger charge is -2.24.